The summed E-state index contributed by atoms with van der Waals surface area (Å²) in [6.07, 6.45) is 0. The second-order valence-electron chi connectivity index (χ2n) is 10.9. The molecule has 0 saturated heterocycles. The van der Waals surface area contributed by atoms with Gasteiger partial charge in [0.05, 0.1) is 0 Å². The standard InChI is InChI=1S/C37H26/c1-37(2)34-17-8-7-14-29(34)31-16-9-15-30-28(18-19-35(37)36(30)31)33-22-25-20-23-10-3-4-11-24(23)21-32(25)26-12-5-6-13-27(26)33/h3-22H,1-2H3. The molecular weight excluding hydrogens is 444 g/mol. The maximum Gasteiger partial charge on any atom is 0.0159 e. The van der Waals surface area contributed by atoms with E-state index in [2.05, 4.69) is 135 Å². The Hall–Kier alpha value is -4.42. The van der Waals surface area contributed by atoms with Crippen LogP contribution in [-0.2, 0) is 5.41 Å². The van der Waals surface area contributed by atoms with Gasteiger partial charge in [0.25, 0.3) is 0 Å². The van der Waals surface area contributed by atoms with Crippen molar-refractivity contribution >= 4 is 43.1 Å². The molecule has 8 rings (SSSR count). The Morgan fingerprint density at radius 2 is 1.05 bits per heavy atom. The molecule has 7 aromatic rings. The van der Waals surface area contributed by atoms with Gasteiger partial charge in [-0.1, -0.05) is 117 Å². The molecule has 0 amide bonds. The van der Waals surface area contributed by atoms with E-state index in [0.29, 0.717) is 0 Å². The normalized spacial score (nSPS) is 13.9. The Kier molecular flexibility index (Phi) is 4.10. The van der Waals surface area contributed by atoms with Gasteiger partial charge in [0, 0.05) is 5.41 Å². The lowest BCUT2D eigenvalue weighted by Gasteiger charge is -2.35. The van der Waals surface area contributed by atoms with Crippen LogP contribution in [0.3, 0.4) is 0 Å². The van der Waals surface area contributed by atoms with Gasteiger partial charge in [0.1, 0.15) is 0 Å². The molecule has 0 radical (unpaired) electrons. The summed E-state index contributed by atoms with van der Waals surface area (Å²) in [4.78, 5) is 0. The van der Waals surface area contributed by atoms with E-state index >= 15 is 0 Å². The molecule has 174 valence electrons. The fourth-order valence-corrected chi connectivity index (χ4v) is 6.81. The summed E-state index contributed by atoms with van der Waals surface area (Å²) < 4.78 is 0. The van der Waals surface area contributed by atoms with Crippen molar-refractivity contribution in [2.45, 2.75) is 19.3 Å². The number of rotatable bonds is 1. The molecule has 0 unspecified atom stereocenters. The first-order valence-corrected chi connectivity index (χ1v) is 13.1. The summed E-state index contributed by atoms with van der Waals surface area (Å²) in [6, 6.07) is 45.2. The SMILES string of the molecule is CC1(C)c2ccccc2-c2cccc3c(-c4cc5cc6ccccc6cc5c5ccccc45)ccc1c23. The molecule has 0 heteroatoms. The third-order valence-electron chi connectivity index (χ3n) is 8.62. The van der Waals surface area contributed by atoms with Gasteiger partial charge in [-0.2, -0.15) is 0 Å². The first-order chi connectivity index (χ1) is 18.1. The molecule has 0 bridgehead atoms. The van der Waals surface area contributed by atoms with Crippen molar-refractivity contribution in [1.29, 1.82) is 0 Å². The predicted molar refractivity (Wildman–Crippen MR) is 159 cm³/mol. The zero-order chi connectivity index (χ0) is 24.7. The quantitative estimate of drug-likeness (QED) is 0.165. The molecule has 0 aromatic heterocycles. The lowest BCUT2D eigenvalue weighted by Crippen LogP contribution is -2.23. The minimum atomic E-state index is -0.0495. The molecule has 0 atom stereocenters. The van der Waals surface area contributed by atoms with Gasteiger partial charge in [-0.3, -0.25) is 0 Å². The van der Waals surface area contributed by atoms with Crippen LogP contribution in [0.1, 0.15) is 25.0 Å². The van der Waals surface area contributed by atoms with Crippen molar-refractivity contribution in [3.05, 3.63) is 132 Å². The van der Waals surface area contributed by atoms with Crippen molar-refractivity contribution in [1.82, 2.24) is 0 Å². The molecule has 1 aliphatic rings. The van der Waals surface area contributed by atoms with Gasteiger partial charge in [0.15, 0.2) is 0 Å². The van der Waals surface area contributed by atoms with Gasteiger partial charge >= 0.3 is 0 Å². The highest BCUT2D eigenvalue weighted by molar-refractivity contribution is 6.19. The molecule has 37 heavy (non-hydrogen) atoms. The molecule has 7 aromatic carbocycles. The van der Waals surface area contributed by atoms with Crippen LogP contribution in [0, 0.1) is 0 Å². The van der Waals surface area contributed by atoms with Crippen molar-refractivity contribution < 1.29 is 0 Å². The molecule has 0 nitrogen and oxygen atoms in total. The Labute approximate surface area is 216 Å². The van der Waals surface area contributed by atoms with Gasteiger partial charge in [-0.25, -0.2) is 0 Å². The third-order valence-corrected chi connectivity index (χ3v) is 8.62. The van der Waals surface area contributed by atoms with Crippen LogP contribution >= 0.6 is 0 Å². The Morgan fingerprint density at radius 1 is 0.378 bits per heavy atom. The number of hydrogen-bond acceptors (Lipinski definition) is 0. The maximum absolute atomic E-state index is 2.41. The van der Waals surface area contributed by atoms with Crippen LogP contribution in [0.4, 0.5) is 0 Å². The van der Waals surface area contributed by atoms with Crippen LogP contribution in [0.15, 0.2) is 121 Å². The number of benzene rings is 7. The third kappa shape index (κ3) is 2.79. The molecule has 0 saturated carbocycles. The summed E-state index contributed by atoms with van der Waals surface area (Å²) >= 11 is 0. The maximum atomic E-state index is 2.41. The van der Waals surface area contributed by atoms with E-state index in [9.17, 15) is 0 Å². The van der Waals surface area contributed by atoms with Gasteiger partial charge in [0.2, 0.25) is 0 Å². The first-order valence-electron chi connectivity index (χ1n) is 13.1. The monoisotopic (exact) mass is 470 g/mol. The van der Waals surface area contributed by atoms with Gasteiger partial charge in [-0.15, -0.1) is 0 Å². The molecule has 0 spiro atoms. The van der Waals surface area contributed by atoms with Gasteiger partial charge in [-0.05, 0) is 94.7 Å². The average Bonchev–Trinajstić information content (AvgIpc) is 2.94. The Morgan fingerprint density at radius 3 is 1.92 bits per heavy atom. The molecular formula is C37H26. The highest BCUT2D eigenvalue weighted by Crippen LogP contribution is 2.50. The molecule has 0 N–H and O–H groups in total. The van der Waals surface area contributed by atoms with Crippen LogP contribution < -0.4 is 0 Å². The largest absolute Gasteiger partial charge is 0.0619 e. The van der Waals surface area contributed by atoms with E-state index in [1.807, 2.05) is 0 Å². The van der Waals surface area contributed by atoms with E-state index < -0.39 is 0 Å². The van der Waals surface area contributed by atoms with E-state index in [0.717, 1.165) is 0 Å². The zero-order valence-corrected chi connectivity index (χ0v) is 21.0. The number of fused-ring (bicyclic) bond motifs is 6. The minimum absolute atomic E-state index is 0.0495. The van der Waals surface area contributed by atoms with E-state index in [-0.39, 0.29) is 5.41 Å². The molecule has 0 fully saturated rings. The fourth-order valence-electron chi connectivity index (χ4n) is 6.81. The minimum Gasteiger partial charge on any atom is -0.0619 e. The predicted octanol–water partition coefficient (Wildman–Crippen LogP) is 10.3. The van der Waals surface area contributed by atoms with Crippen molar-refractivity contribution in [2.24, 2.45) is 0 Å². The number of hydrogen-bond donors (Lipinski definition) is 0. The van der Waals surface area contributed by atoms with E-state index in [4.69, 9.17) is 0 Å². The zero-order valence-electron chi connectivity index (χ0n) is 21.0. The van der Waals surface area contributed by atoms with E-state index in [1.165, 1.54) is 76.5 Å². The van der Waals surface area contributed by atoms with Crippen molar-refractivity contribution in [2.75, 3.05) is 0 Å². The smallest absolute Gasteiger partial charge is 0.0159 e. The summed E-state index contributed by atoms with van der Waals surface area (Å²) in [6.45, 7) is 4.74. The van der Waals surface area contributed by atoms with Crippen molar-refractivity contribution in [3.63, 3.8) is 0 Å². The lowest BCUT2D eigenvalue weighted by molar-refractivity contribution is 0.645. The van der Waals surface area contributed by atoms with Crippen LogP contribution in [0.25, 0.3) is 65.3 Å². The second kappa shape index (κ2) is 7.31. The van der Waals surface area contributed by atoms with Crippen LogP contribution in [0.2, 0.25) is 0 Å². The molecule has 0 heterocycles. The molecule has 1 aliphatic carbocycles. The summed E-state index contributed by atoms with van der Waals surface area (Å²) in [5, 5.41) is 10.5. The summed E-state index contributed by atoms with van der Waals surface area (Å²) in [5.41, 5.74) is 8.09. The summed E-state index contributed by atoms with van der Waals surface area (Å²) in [5.74, 6) is 0. The highest BCUT2D eigenvalue weighted by Gasteiger charge is 2.33. The van der Waals surface area contributed by atoms with E-state index in [1.54, 1.807) is 0 Å². The Balaban J connectivity index is 1.51. The Bertz CT molecular complexity index is 2060. The lowest BCUT2D eigenvalue weighted by atomic mass is 9.68. The van der Waals surface area contributed by atoms with Gasteiger partial charge < -0.3 is 0 Å². The topological polar surface area (TPSA) is 0 Å². The molecule has 0 aliphatic heterocycles. The first kappa shape index (κ1) is 20.7. The summed E-state index contributed by atoms with van der Waals surface area (Å²) in [7, 11) is 0. The fraction of sp³-hybridized carbons (Fsp3) is 0.0811. The van der Waals surface area contributed by atoms with Crippen molar-refractivity contribution in [3.8, 4) is 22.3 Å². The highest BCUT2D eigenvalue weighted by atomic mass is 14.4. The second-order valence-corrected chi connectivity index (χ2v) is 10.9. The van der Waals surface area contributed by atoms with Crippen LogP contribution in [0.5, 0.6) is 0 Å². The van der Waals surface area contributed by atoms with Crippen LogP contribution in [-0.4, -0.2) is 0 Å². The average molecular weight is 471 g/mol.